The van der Waals surface area contributed by atoms with E-state index in [2.05, 4.69) is 19.2 Å². The van der Waals surface area contributed by atoms with Gasteiger partial charge in [-0.3, -0.25) is 14.2 Å². The van der Waals surface area contributed by atoms with Crippen LogP contribution in [0.25, 0.3) is 10.9 Å². The summed E-state index contributed by atoms with van der Waals surface area (Å²) in [6.07, 6.45) is 4.29. The molecule has 1 aliphatic carbocycles. The number of carbonyl (C=O) groups is 1. The molecule has 140 valence electrons. The average molecular weight is 374 g/mol. The summed E-state index contributed by atoms with van der Waals surface area (Å²) in [6, 6.07) is 7.78. The van der Waals surface area contributed by atoms with E-state index in [0.29, 0.717) is 22.0 Å². The maximum Gasteiger partial charge on any atom is 0.262 e. The molecule has 1 fully saturated rings. The molecule has 3 rings (SSSR count). The van der Waals surface area contributed by atoms with Gasteiger partial charge in [-0.1, -0.05) is 50.6 Å². The summed E-state index contributed by atoms with van der Waals surface area (Å²) in [7, 11) is 0. The van der Waals surface area contributed by atoms with E-state index in [-0.39, 0.29) is 29.3 Å². The number of para-hydroxylation sites is 1. The first-order valence-corrected chi connectivity index (χ1v) is 10.4. The Hall–Kier alpha value is -1.82. The molecule has 26 heavy (non-hydrogen) atoms. The van der Waals surface area contributed by atoms with Crippen LogP contribution in [-0.4, -0.2) is 27.3 Å². The minimum Gasteiger partial charge on any atom is -0.353 e. The monoisotopic (exact) mass is 373 g/mol. The number of hydrogen-bond donors (Lipinski definition) is 1. The number of nitrogens with one attached hydrogen (secondary N) is 1. The van der Waals surface area contributed by atoms with Gasteiger partial charge in [-0.2, -0.15) is 0 Å². The van der Waals surface area contributed by atoms with Crippen LogP contribution in [0, 0.1) is 5.92 Å². The van der Waals surface area contributed by atoms with E-state index in [1.165, 1.54) is 11.8 Å². The van der Waals surface area contributed by atoms with Crippen LogP contribution in [0.3, 0.4) is 0 Å². The first kappa shape index (κ1) is 19.0. The van der Waals surface area contributed by atoms with Crippen LogP contribution in [0.4, 0.5) is 0 Å². The highest BCUT2D eigenvalue weighted by Gasteiger charge is 2.23. The number of aromatic nitrogens is 2. The predicted molar refractivity (Wildman–Crippen MR) is 107 cm³/mol. The highest BCUT2D eigenvalue weighted by atomic mass is 32.2. The van der Waals surface area contributed by atoms with Crippen molar-refractivity contribution in [2.75, 3.05) is 5.75 Å². The molecule has 1 amide bonds. The Morgan fingerprint density at radius 2 is 1.96 bits per heavy atom. The Labute approximate surface area is 158 Å². The van der Waals surface area contributed by atoms with Crippen molar-refractivity contribution in [3.8, 4) is 0 Å². The standard InChI is InChI=1S/C20H27N3O2S/c1-13(2)14(3)21-18(24)12-26-20-22-17-11-7-6-10-16(17)19(25)23(20)15-8-4-5-9-15/h6-7,10-11,13-15H,4-5,8-9,12H2,1-3H3,(H,21,24)/t14-/m1/s1. The fourth-order valence-corrected chi connectivity index (χ4v) is 4.18. The van der Waals surface area contributed by atoms with Gasteiger partial charge in [-0.05, 0) is 37.8 Å². The summed E-state index contributed by atoms with van der Waals surface area (Å²) in [4.78, 5) is 30.0. The fraction of sp³-hybridized carbons (Fsp3) is 0.550. The fourth-order valence-electron chi connectivity index (χ4n) is 3.30. The highest BCUT2D eigenvalue weighted by Crippen LogP contribution is 2.32. The number of hydrogen-bond acceptors (Lipinski definition) is 4. The van der Waals surface area contributed by atoms with Crippen molar-refractivity contribution in [2.24, 2.45) is 5.92 Å². The zero-order valence-corrected chi connectivity index (χ0v) is 16.5. The third kappa shape index (κ3) is 4.11. The van der Waals surface area contributed by atoms with Crippen molar-refractivity contribution in [1.29, 1.82) is 0 Å². The van der Waals surface area contributed by atoms with Gasteiger partial charge in [0.15, 0.2) is 5.16 Å². The number of carbonyl (C=O) groups excluding carboxylic acids is 1. The summed E-state index contributed by atoms with van der Waals surface area (Å²) in [6.45, 7) is 6.18. The van der Waals surface area contributed by atoms with E-state index in [1.807, 2.05) is 35.8 Å². The Kier molecular flexibility index (Phi) is 6.01. The summed E-state index contributed by atoms with van der Waals surface area (Å²) in [5.41, 5.74) is 0.714. The maximum absolute atomic E-state index is 13.1. The molecule has 6 heteroatoms. The number of benzene rings is 1. The van der Waals surface area contributed by atoms with Crippen molar-refractivity contribution in [3.63, 3.8) is 0 Å². The molecular weight excluding hydrogens is 346 g/mol. The molecule has 0 radical (unpaired) electrons. The summed E-state index contributed by atoms with van der Waals surface area (Å²) >= 11 is 1.36. The lowest BCUT2D eigenvalue weighted by Gasteiger charge is -2.20. The number of nitrogens with zero attached hydrogens (tertiary/aromatic N) is 2. The van der Waals surface area contributed by atoms with Gasteiger partial charge in [0.2, 0.25) is 5.91 Å². The number of rotatable bonds is 6. The van der Waals surface area contributed by atoms with E-state index in [0.717, 1.165) is 25.7 Å². The van der Waals surface area contributed by atoms with Gasteiger partial charge < -0.3 is 5.32 Å². The van der Waals surface area contributed by atoms with E-state index >= 15 is 0 Å². The van der Waals surface area contributed by atoms with E-state index < -0.39 is 0 Å². The second-order valence-electron chi connectivity index (χ2n) is 7.41. The summed E-state index contributed by atoms with van der Waals surface area (Å²) in [5, 5.41) is 4.33. The molecule has 1 N–H and O–H groups in total. The quantitative estimate of drug-likeness (QED) is 0.618. The zero-order valence-electron chi connectivity index (χ0n) is 15.7. The molecule has 1 heterocycles. The molecule has 1 aliphatic rings. The Morgan fingerprint density at radius 3 is 2.65 bits per heavy atom. The third-order valence-corrected chi connectivity index (χ3v) is 6.14. The second kappa shape index (κ2) is 8.25. The molecule has 0 bridgehead atoms. The van der Waals surface area contributed by atoms with Crippen molar-refractivity contribution in [2.45, 2.75) is 63.7 Å². The largest absolute Gasteiger partial charge is 0.353 e. The van der Waals surface area contributed by atoms with Crippen LogP contribution in [0.2, 0.25) is 0 Å². The lowest BCUT2D eigenvalue weighted by molar-refractivity contribution is -0.119. The van der Waals surface area contributed by atoms with E-state index in [1.54, 1.807) is 0 Å². The first-order valence-electron chi connectivity index (χ1n) is 9.41. The molecule has 2 aromatic rings. The molecule has 1 atom stereocenters. The molecular formula is C20H27N3O2S. The Balaban J connectivity index is 1.87. The summed E-state index contributed by atoms with van der Waals surface area (Å²) < 4.78 is 1.83. The maximum atomic E-state index is 13.1. The van der Waals surface area contributed by atoms with Gasteiger partial charge in [0, 0.05) is 12.1 Å². The average Bonchev–Trinajstić information content (AvgIpc) is 3.14. The zero-order chi connectivity index (χ0) is 18.7. The normalized spacial score (nSPS) is 16.3. The minimum atomic E-state index is -0.0171. The van der Waals surface area contributed by atoms with Crippen LogP contribution < -0.4 is 10.9 Å². The smallest absolute Gasteiger partial charge is 0.262 e. The molecule has 0 unspecified atom stereocenters. The van der Waals surface area contributed by atoms with E-state index in [4.69, 9.17) is 4.98 Å². The number of fused-ring (bicyclic) bond motifs is 1. The van der Waals surface area contributed by atoms with Crippen LogP contribution in [-0.2, 0) is 4.79 Å². The van der Waals surface area contributed by atoms with E-state index in [9.17, 15) is 9.59 Å². The SMILES string of the molecule is CC(C)[C@@H](C)NC(=O)CSc1nc2ccccc2c(=O)n1C1CCCC1. The Morgan fingerprint density at radius 1 is 1.27 bits per heavy atom. The van der Waals surface area contributed by atoms with Gasteiger partial charge in [0.05, 0.1) is 16.7 Å². The van der Waals surface area contributed by atoms with Crippen LogP contribution >= 0.6 is 11.8 Å². The first-order chi connectivity index (χ1) is 12.5. The third-order valence-electron chi connectivity index (χ3n) is 5.19. The van der Waals surface area contributed by atoms with Crippen molar-refractivity contribution in [3.05, 3.63) is 34.6 Å². The van der Waals surface area contributed by atoms with Crippen LogP contribution in [0.5, 0.6) is 0 Å². The van der Waals surface area contributed by atoms with Gasteiger partial charge in [0.1, 0.15) is 0 Å². The lowest BCUT2D eigenvalue weighted by atomic mass is 10.1. The lowest BCUT2D eigenvalue weighted by Crippen LogP contribution is -2.37. The topological polar surface area (TPSA) is 64.0 Å². The minimum absolute atomic E-state index is 0.0148. The van der Waals surface area contributed by atoms with Crippen molar-refractivity contribution in [1.82, 2.24) is 14.9 Å². The molecule has 1 aromatic carbocycles. The van der Waals surface area contributed by atoms with Gasteiger partial charge in [-0.25, -0.2) is 4.98 Å². The molecule has 0 spiro atoms. The number of thioether (sulfide) groups is 1. The number of amides is 1. The molecule has 1 saturated carbocycles. The molecule has 5 nitrogen and oxygen atoms in total. The van der Waals surface area contributed by atoms with Crippen molar-refractivity contribution >= 4 is 28.6 Å². The van der Waals surface area contributed by atoms with Gasteiger partial charge in [0.25, 0.3) is 5.56 Å². The highest BCUT2D eigenvalue weighted by molar-refractivity contribution is 7.99. The van der Waals surface area contributed by atoms with Crippen LogP contribution in [0.15, 0.2) is 34.2 Å². The predicted octanol–water partition coefficient (Wildman–Crippen LogP) is 3.76. The molecule has 0 saturated heterocycles. The molecule has 1 aromatic heterocycles. The summed E-state index contributed by atoms with van der Waals surface area (Å²) in [5.74, 6) is 0.644. The molecule has 0 aliphatic heterocycles. The second-order valence-corrected chi connectivity index (χ2v) is 8.36. The Bertz CT molecular complexity index is 841. The van der Waals surface area contributed by atoms with Crippen molar-refractivity contribution < 1.29 is 4.79 Å². The van der Waals surface area contributed by atoms with Gasteiger partial charge in [-0.15, -0.1) is 0 Å². The van der Waals surface area contributed by atoms with Gasteiger partial charge >= 0.3 is 0 Å². The van der Waals surface area contributed by atoms with Crippen LogP contribution in [0.1, 0.15) is 52.5 Å².